The van der Waals surface area contributed by atoms with Gasteiger partial charge in [-0.15, -0.1) is 0 Å². The minimum absolute atomic E-state index is 0.0127. The molecule has 3 heteroatoms. The van der Waals surface area contributed by atoms with Crippen LogP contribution in [0.25, 0.3) is 0 Å². The Hall–Kier alpha value is -0.580. The van der Waals surface area contributed by atoms with Crippen LogP contribution in [0, 0.1) is 10.5 Å². The van der Waals surface area contributed by atoms with E-state index in [2.05, 4.69) is 22.6 Å². The van der Waals surface area contributed by atoms with Gasteiger partial charge in [0.2, 0.25) is 0 Å². The summed E-state index contributed by atoms with van der Waals surface area (Å²) >= 11 is 2.10. The van der Waals surface area contributed by atoms with Crippen molar-refractivity contribution in [3.63, 3.8) is 0 Å². The fourth-order valence-electron chi connectivity index (χ4n) is 1.03. The Morgan fingerprint density at radius 3 is 2.58 bits per heavy atom. The lowest BCUT2D eigenvalue weighted by Gasteiger charge is -2.04. The molecule has 0 heterocycles. The Kier molecular flexibility index (Phi) is 2.72. The number of phenolic OH excluding ortho intramolecular Hbond substituents is 1. The van der Waals surface area contributed by atoms with E-state index in [-0.39, 0.29) is 11.5 Å². The molecule has 0 unspecified atom stereocenters. The zero-order valence-corrected chi connectivity index (χ0v) is 9.05. The minimum Gasteiger partial charge on any atom is -0.508 e. The van der Waals surface area contributed by atoms with Crippen molar-refractivity contribution in [3.05, 3.63) is 26.8 Å². The Morgan fingerprint density at radius 2 is 2.08 bits per heavy atom. The number of carbonyl (C=O) groups excluding carboxylic acids is 1. The van der Waals surface area contributed by atoms with Crippen LogP contribution in [0.1, 0.15) is 22.8 Å². The number of carbonyl (C=O) groups is 1. The molecule has 2 nitrogen and oxygen atoms in total. The second-order valence-electron chi connectivity index (χ2n) is 2.66. The van der Waals surface area contributed by atoms with E-state index < -0.39 is 0 Å². The molecule has 1 aromatic rings. The van der Waals surface area contributed by atoms with E-state index >= 15 is 0 Å². The van der Waals surface area contributed by atoms with Gasteiger partial charge in [-0.05, 0) is 54.1 Å². The summed E-state index contributed by atoms with van der Waals surface area (Å²) in [6.07, 6.45) is 0. The standard InChI is InChI=1S/C9H9IO2/c1-5-8(6(2)11)3-7(12)4-9(5)10/h3-4,12H,1-2H3. The highest BCUT2D eigenvalue weighted by atomic mass is 127. The Labute approximate surface area is 84.7 Å². The van der Waals surface area contributed by atoms with Gasteiger partial charge in [0.05, 0.1) is 0 Å². The summed E-state index contributed by atoms with van der Waals surface area (Å²) < 4.78 is 0.915. The number of Topliss-reactive ketones (excluding diaryl/α,β-unsaturated/α-hetero) is 1. The predicted molar refractivity (Wildman–Crippen MR) is 55.6 cm³/mol. The largest absolute Gasteiger partial charge is 0.508 e. The second kappa shape index (κ2) is 3.43. The van der Waals surface area contributed by atoms with Gasteiger partial charge < -0.3 is 5.11 Å². The van der Waals surface area contributed by atoms with E-state index in [9.17, 15) is 9.90 Å². The van der Waals surface area contributed by atoms with Crippen LogP contribution in [0.4, 0.5) is 0 Å². The van der Waals surface area contributed by atoms with Crippen molar-refractivity contribution in [3.8, 4) is 5.75 Å². The van der Waals surface area contributed by atoms with E-state index in [1.807, 2.05) is 6.92 Å². The van der Waals surface area contributed by atoms with Crippen LogP contribution in [-0.2, 0) is 0 Å². The van der Waals surface area contributed by atoms with Gasteiger partial charge in [0.15, 0.2) is 5.78 Å². The maximum Gasteiger partial charge on any atom is 0.160 e. The maximum absolute atomic E-state index is 11.1. The number of halogens is 1. The van der Waals surface area contributed by atoms with Crippen molar-refractivity contribution in [2.24, 2.45) is 0 Å². The molecule has 0 bridgehead atoms. The fraction of sp³-hybridized carbons (Fsp3) is 0.222. The van der Waals surface area contributed by atoms with Crippen LogP contribution in [0.5, 0.6) is 5.75 Å². The smallest absolute Gasteiger partial charge is 0.160 e. The van der Waals surface area contributed by atoms with Gasteiger partial charge in [-0.1, -0.05) is 0 Å². The summed E-state index contributed by atoms with van der Waals surface area (Å²) in [6.45, 7) is 3.37. The molecule has 1 aromatic carbocycles. The molecule has 0 aliphatic rings. The average molecular weight is 276 g/mol. The van der Waals surface area contributed by atoms with Crippen molar-refractivity contribution in [2.45, 2.75) is 13.8 Å². The minimum atomic E-state index is -0.0127. The highest BCUT2D eigenvalue weighted by Gasteiger charge is 2.08. The monoisotopic (exact) mass is 276 g/mol. The molecule has 0 aliphatic heterocycles. The van der Waals surface area contributed by atoms with Crippen LogP contribution >= 0.6 is 22.6 Å². The van der Waals surface area contributed by atoms with E-state index in [1.165, 1.54) is 13.0 Å². The molecule has 0 saturated heterocycles. The first-order valence-electron chi connectivity index (χ1n) is 3.52. The molecule has 0 fully saturated rings. The summed E-state index contributed by atoms with van der Waals surface area (Å²) in [5.41, 5.74) is 1.53. The summed E-state index contributed by atoms with van der Waals surface area (Å²) in [5, 5.41) is 9.21. The topological polar surface area (TPSA) is 37.3 Å². The molecule has 0 spiro atoms. The lowest BCUT2D eigenvalue weighted by molar-refractivity contribution is 0.101. The van der Waals surface area contributed by atoms with Gasteiger partial charge in [-0.3, -0.25) is 4.79 Å². The highest BCUT2D eigenvalue weighted by molar-refractivity contribution is 14.1. The van der Waals surface area contributed by atoms with Gasteiger partial charge in [0.25, 0.3) is 0 Å². The summed E-state index contributed by atoms with van der Waals surface area (Å²) in [6, 6.07) is 3.14. The van der Waals surface area contributed by atoms with Crippen molar-refractivity contribution in [1.29, 1.82) is 0 Å². The van der Waals surface area contributed by atoms with Gasteiger partial charge in [0.1, 0.15) is 5.75 Å². The SMILES string of the molecule is CC(=O)c1cc(O)cc(I)c1C. The van der Waals surface area contributed by atoms with Crippen molar-refractivity contribution < 1.29 is 9.90 Å². The lowest BCUT2D eigenvalue weighted by atomic mass is 10.1. The van der Waals surface area contributed by atoms with Gasteiger partial charge >= 0.3 is 0 Å². The van der Waals surface area contributed by atoms with Gasteiger partial charge in [-0.2, -0.15) is 0 Å². The summed E-state index contributed by atoms with van der Waals surface area (Å²) in [5.74, 6) is 0.136. The third-order valence-electron chi connectivity index (χ3n) is 1.71. The van der Waals surface area contributed by atoms with Crippen LogP contribution in [0.15, 0.2) is 12.1 Å². The van der Waals surface area contributed by atoms with Crippen molar-refractivity contribution in [2.75, 3.05) is 0 Å². The van der Waals surface area contributed by atoms with Gasteiger partial charge in [-0.25, -0.2) is 0 Å². The van der Waals surface area contributed by atoms with E-state index in [4.69, 9.17) is 0 Å². The first-order chi connectivity index (χ1) is 5.52. The highest BCUT2D eigenvalue weighted by Crippen LogP contribution is 2.22. The molecule has 0 aliphatic carbocycles. The molecular formula is C9H9IO2. The molecule has 0 atom stereocenters. The fourth-order valence-corrected chi connectivity index (χ4v) is 1.64. The maximum atomic E-state index is 11.1. The van der Waals surface area contributed by atoms with E-state index in [1.54, 1.807) is 6.07 Å². The molecular weight excluding hydrogens is 267 g/mol. The predicted octanol–water partition coefficient (Wildman–Crippen LogP) is 2.51. The average Bonchev–Trinajstić information content (AvgIpc) is 1.96. The van der Waals surface area contributed by atoms with Crippen LogP contribution in [0.3, 0.4) is 0 Å². The Morgan fingerprint density at radius 1 is 1.50 bits per heavy atom. The second-order valence-corrected chi connectivity index (χ2v) is 3.82. The number of aromatic hydroxyl groups is 1. The molecule has 0 saturated carbocycles. The number of hydrogen-bond donors (Lipinski definition) is 1. The molecule has 1 N–H and O–H groups in total. The number of rotatable bonds is 1. The summed E-state index contributed by atoms with van der Waals surface area (Å²) in [7, 11) is 0. The van der Waals surface area contributed by atoms with Crippen LogP contribution in [-0.4, -0.2) is 10.9 Å². The van der Waals surface area contributed by atoms with Crippen LogP contribution < -0.4 is 0 Å². The summed E-state index contributed by atoms with van der Waals surface area (Å²) in [4.78, 5) is 11.1. The third-order valence-corrected chi connectivity index (χ3v) is 2.83. The Bertz CT molecular complexity index is 332. The first-order valence-corrected chi connectivity index (χ1v) is 4.60. The number of hydrogen-bond acceptors (Lipinski definition) is 2. The molecule has 1 rings (SSSR count). The molecule has 0 aromatic heterocycles. The number of ketones is 1. The van der Waals surface area contributed by atoms with E-state index in [0.29, 0.717) is 5.56 Å². The zero-order valence-electron chi connectivity index (χ0n) is 6.89. The van der Waals surface area contributed by atoms with Crippen molar-refractivity contribution >= 4 is 28.4 Å². The zero-order chi connectivity index (χ0) is 9.30. The van der Waals surface area contributed by atoms with Crippen LogP contribution in [0.2, 0.25) is 0 Å². The van der Waals surface area contributed by atoms with Gasteiger partial charge in [0, 0.05) is 9.13 Å². The quantitative estimate of drug-likeness (QED) is 0.632. The molecule has 0 amide bonds. The van der Waals surface area contributed by atoms with E-state index in [0.717, 1.165) is 9.13 Å². The number of phenols is 1. The molecule has 12 heavy (non-hydrogen) atoms. The lowest BCUT2D eigenvalue weighted by Crippen LogP contribution is -1.97. The number of benzene rings is 1. The first kappa shape index (κ1) is 9.51. The molecule has 0 radical (unpaired) electrons. The third kappa shape index (κ3) is 1.77. The normalized spacial score (nSPS) is 9.92. The Balaban J connectivity index is 3.37. The molecule has 64 valence electrons. The van der Waals surface area contributed by atoms with Crippen molar-refractivity contribution in [1.82, 2.24) is 0 Å².